The molecule has 0 bridgehead atoms. The average Bonchev–Trinajstić information content (AvgIpc) is 2.97. The molecule has 1 fully saturated rings. The van der Waals surface area contributed by atoms with E-state index in [1.165, 1.54) is 0 Å². The van der Waals surface area contributed by atoms with Crippen LogP contribution in [0.2, 0.25) is 0 Å². The van der Waals surface area contributed by atoms with Crippen molar-refractivity contribution in [3.8, 4) is 0 Å². The molecule has 19 heavy (non-hydrogen) atoms. The summed E-state index contributed by atoms with van der Waals surface area (Å²) in [5, 5.41) is 2.92. The van der Waals surface area contributed by atoms with Crippen LogP contribution in [-0.2, 0) is 9.53 Å². The predicted molar refractivity (Wildman–Crippen MR) is 72.6 cm³/mol. The van der Waals surface area contributed by atoms with Crippen LogP contribution in [0.5, 0.6) is 0 Å². The zero-order chi connectivity index (χ0) is 13.5. The van der Waals surface area contributed by atoms with Gasteiger partial charge < -0.3 is 15.8 Å². The highest BCUT2D eigenvalue weighted by molar-refractivity contribution is 5.76. The maximum atomic E-state index is 11.9. The van der Waals surface area contributed by atoms with Crippen LogP contribution in [-0.4, -0.2) is 36.7 Å². The van der Waals surface area contributed by atoms with E-state index in [-0.39, 0.29) is 17.9 Å². The van der Waals surface area contributed by atoms with Gasteiger partial charge in [0.2, 0.25) is 5.91 Å². The molecule has 5 heteroatoms. The quantitative estimate of drug-likeness (QED) is 0.796. The molecule has 1 aliphatic heterocycles. The molecule has 1 saturated heterocycles. The molecule has 0 aromatic carbocycles. The Kier molecular flexibility index (Phi) is 5.30. The fraction of sp³-hybridized carbons (Fsp3) is 0.571. The summed E-state index contributed by atoms with van der Waals surface area (Å²) in [6.07, 6.45) is 6.18. The van der Waals surface area contributed by atoms with Crippen molar-refractivity contribution in [2.75, 3.05) is 19.7 Å². The minimum atomic E-state index is 0.0230. The first-order chi connectivity index (χ1) is 9.29. The van der Waals surface area contributed by atoms with Gasteiger partial charge >= 0.3 is 0 Å². The van der Waals surface area contributed by atoms with E-state index in [1.807, 2.05) is 12.1 Å². The van der Waals surface area contributed by atoms with Gasteiger partial charge in [0.05, 0.1) is 6.10 Å². The molecule has 2 atom stereocenters. The van der Waals surface area contributed by atoms with Crippen LogP contribution in [0.25, 0.3) is 0 Å². The van der Waals surface area contributed by atoms with Crippen molar-refractivity contribution >= 4 is 5.91 Å². The number of nitrogens with zero attached hydrogens (tertiary/aromatic N) is 1. The Labute approximate surface area is 113 Å². The highest BCUT2D eigenvalue weighted by atomic mass is 16.5. The molecule has 104 valence electrons. The fourth-order valence-electron chi connectivity index (χ4n) is 2.28. The Balaban J connectivity index is 1.79. The van der Waals surface area contributed by atoms with E-state index in [0.717, 1.165) is 25.0 Å². The summed E-state index contributed by atoms with van der Waals surface area (Å²) in [5.41, 5.74) is 6.75. The summed E-state index contributed by atoms with van der Waals surface area (Å²) in [7, 11) is 0. The molecule has 0 saturated carbocycles. The number of carbonyl (C=O) groups is 1. The molecule has 1 aromatic heterocycles. The number of rotatable bonds is 6. The zero-order valence-corrected chi connectivity index (χ0v) is 11.0. The van der Waals surface area contributed by atoms with Crippen molar-refractivity contribution in [2.45, 2.75) is 31.3 Å². The monoisotopic (exact) mass is 263 g/mol. The molecule has 0 spiro atoms. The second-order valence-corrected chi connectivity index (χ2v) is 4.86. The van der Waals surface area contributed by atoms with E-state index in [2.05, 4.69) is 10.3 Å². The van der Waals surface area contributed by atoms with Gasteiger partial charge in [-0.2, -0.15) is 0 Å². The van der Waals surface area contributed by atoms with Crippen LogP contribution >= 0.6 is 0 Å². The summed E-state index contributed by atoms with van der Waals surface area (Å²) in [5.74, 6) is 0.0491. The fourth-order valence-corrected chi connectivity index (χ4v) is 2.28. The van der Waals surface area contributed by atoms with Crippen LogP contribution in [0.4, 0.5) is 0 Å². The van der Waals surface area contributed by atoms with Gasteiger partial charge in [0.25, 0.3) is 0 Å². The number of ether oxygens (including phenoxy) is 1. The third kappa shape index (κ3) is 4.29. The number of hydrogen-bond acceptors (Lipinski definition) is 4. The second kappa shape index (κ2) is 7.21. The van der Waals surface area contributed by atoms with Crippen molar-refractivity contribution < 1.29 is 9.53 Å². The topological polar surface area (TPSA) is 77.2 Å². The lowest BCUT2D eigenvalue weighted by Gasteiger charge is -2.16. The first-order valence-corrected chi connectivity index (χ1v) is 6.78. The lowest BCUT2D eigenvalue weighted by atomic mass is 9.97. The first-order valence-electron chi connectivity index (χ1n) is 6.78. The number of pyridine rings is 1. The molecule has 0 aliphatic carbocycles. The molecule has 2 heterocycles. The third-order valence-corrected chi connectivity index (χ3v) is 3.42. The van der Waals surface area contributed by atoms with Crippen molar-refractivity contribution in [3.63, 3.8) is 0 Å². The number of nitrogens with two attached hydrogens (primary N) is 1. The van der Waals surface area contributed by atoms with Crippen LogP contribution in [0.1, 0.15) is 30.7 Å². The highest BCUT2D eigenvalue weighted by Gasteiger charge is 2.18. The SMILES string of the molecule is NCC(CC(=O)NCC1CCCO1)c1cccnc1. The molecule has 0 radical (unpaired) electrons. The maximum absolute atomic E-state index is 11.9. The minimum absolute atomic E-state index is 0.0230. The normalized spacial score (nSPS) is 20.2. The Hall–Kier alpha value is -1.46. The molecule has 1 aromatic rings. The molecule has 1 amide bonds. The van der Waals surface area contributed by atoms with Crippen LogP contribution in [0.3, 0.4) is 0 Å². The van der Waals surface area contributed by atoms with E-state index >= 15 is 0 Å². The zero-order valence-electron chi connectivity index (χ0n) is 11.0. The molecular formula is C14H21N3O2. The third-order valence-electron chi connectivity index (χ3n) is 3.42. The van der Waals surface area contributed by atoms with Gasteiger partial charge in [0, 0.05) is 37.9 Å². The van der Waals surface area contributed by atoms with Crippen molar-refractivity contribution in [1.29, 1.82) is 0 Å². The van der Waals surface area contributed by atoms with E-state index < -0.39 is 0 Å². The summed E-state index contributed by atoms with van der Waals surface area (Å²) in [6, 6.07) is 3.82. The van der Waals surface area contributed by atoms with E-state index in [4.69, 9.17) is 10.5 Å². The molecule has 5 nitrogen and oxygen atoms in total. The van der Waals surface area contributed by atoms with Gasteiger partial charge in [0.1, 0.15) is 0 Å². The first kappa shape index (κ1) is 14.0. The summed E-state index contributed by atoms with van der Waals surface area (Å²) < 4.78 is 5.47. The van der Waals surface area contributed by atoms with E-state index in [0.29, 0.717) is 19.5 Å². The average molecular weight is 263 g/mol. The number of nitrogens with one attached hydrogen (secondary N) is 1. The van der Waals surface area contributed by atoms with Gasteiger partial charge in [-0.1, -0.05) is 6.07 Å². The maximum Gasteiger partial charge on any atom is 0.220 e. The van der Waals surface area contributed by atoms with Crippen molar-refractivity contribution in [3.05, 3.63) is 30.1 Å². The summed E-state index contributed by atoms with van der Waals surface area (Å²) in [6.45, 7) is 1.85. The number of hydrogen-bond donors (Lipinski definition) is 2. The summed E-state index contributed by atoms with van der Waals surface area (Å²) in [4.78, 5) is 16.0. The standard InChI is InChI=1S/C14H21N3O2/c15-8-12(11-3-1-5-16-9-11)7-14(18)17-10-13-4-2-6-19-13/h1,3,5,9,12-13H,2,4,6-8,10,15H2,(H,17,18). The largest absolute Gasteiger partial charge is 0.376 e. The predicted octanol–water partition coefficient (Wildman–Crippen LogP) is 0.809. The van der Waals surface area contributed by atoms with Crippen molar-refractivity contribution in [2.24, 2.45) is 5.73 Å². The lowest BCUT2D eigenvalue weighted by Crippen LogP contribution is -2.33. The number of carbonyl (C=O) groups excluding carboxylic acids is 1. The molecule has 3 N–H and O–H groups in total. The Morgan fingerprint density at radius 2 is 2.53 bits per heavy atom. The minimum Gasteiger partial charge on any atom is -0.376 e. The van der Waals surface area contributed by atoms with Gasteiger partial charge in [-0.3, -0.25) is 9.78 Å². The van der Waals surface area contributed by atoms with Gasteiger partial charge in [-0.05, 0) is 31.0 Å². The number of amides is 1. The van der Waals surface area contributed by atoms with Crippen LogP contribution in [0.15, 0.2) is 24.5 Å². The highest BCUT2D eigenvalue weighted by Crippen LogP contribution is 2.17. The van der Waals surface area contributed by atoms with Gasteiger partial charge in [-0.25, -0.2) is 0 Å². The Morgan fingerprint density at radius 3 is 3.16 bits per heavy atom. The van der Waals surface area contributed by atoms with Crippen molar-refractivity contribution in [1.82, 2.24) is 10.3 Å². The Morgan fingerprint density at radius 1 is 1.63 bits per heavy atom. The molecule has 2 rings (SSSR count). The van der Waals surface area contributed by atoms with Gasteiger partial charge in [0.15, 0.2) is 0 Å². The van der Waals surface area contributed by atoms with Crippen LogP contribution < -0.4 is 11.1 Å². The van der Waals surface area contributed by atoms with Crippen LogP contribution in [0, 0.1) is 0 Å². The number of aromatic nitrogens is 1. The Bertz CT molecular complexity index is 391. The molecule has 1 aliphatic rings. The van der Waals surface area contributed by atoms with Gasteiger partial charge in [-0.15, -0.1) is 0 Å². The summed E-state index contributed by atoms with van der Waals surface area (Å²) >= 11 is 0. The van der Waals surface area contributed by atoms with E-state index in [1.54, 1.807) is 12.4 Å². The second-order valence-electron chi connectivity index (χ2n) is 4.86. The lowest BCUT2D eigenvalue weighted by molar-refractivity contribution is -0.121. The molecule has 2 unspecified atom stereocenters. The smallest absolute Gasteiger partial charge is 0.220 e. The van der Waals surface area contributed by atoms with E-state index in [9.17, 15) is 4.79 Å². The molecular weight excluding hydrogens is 242 g/mol.